The molecule has 2 heterocycles. The Morgan fingerprint density at radius 2 is 1.03 bits per heavy atom. The van der Waals surface area contributed by atoms with Gasteiger partial charge in [0.25, 0.3) is 0 Å². The molecule has 0 unspecified atom stereocenters. The molecule has 0 spiro atoms. The summed E-state index contributed by atoms with van der Waals surface area (Å²) in [4.78, 5) is 0. The second-order valence-electron chi connectivity index (χ2n) is 8.57. The predicted molar refractivity (Wildman–Crippen MR) is 139 cm³/mol. The molecule has 2 aromatic heterocycles. The summed E-state index contributed by atoms with van der Waals surface area (Å²) in [7, 11) is 3.71. The third-order valence-corrected chi connectivity index (χ3v) is 5.07. The molecule has 0 saturated heterocycles. The Morgan fingerprint density at radius 3 is 1.19 bits per heavy atom. The minimum Gasteiger partial charge on any atom is -0.255 e. The molecule has 2 aromatic rings. The number of aryl methyl sites for hydroxylation is 4. The maximum absolute atomic E-state index is 3.73. The third-order valence-electron chi connectivity index (χ3n) is 5.07. The van der Waals surface area contributed by atoms with Crippen LogP contribution in [0.4, 0.5) is 0 Å². The molecule has 0 bridgehead atoms. The number of aromatic nitrogens is 6. The fraction of sp³-hybridized carbons (Fsp3) is 0.846. The van der Waals surface area contributed by atoms with Crippen molar-refractivity contribution in [3.63, 3.8) is 0 Å². The molecule has 0 saturated carbocycles. The highest BCUT2D eigenvalue weighted by Crippen LogP contribution is 2.06. The summed E-state index contributed by atoms with van der Waals surface area (Å²) in [5.74, 6) is 0. The van der Waals surface area contributed by atoms with Gasteiger partial charge >= 0.3 is 0 Å². The molecule has 0 amide bonds. The normalized spacial score (nSPS) is 9.75. The summed E-state index contributed by atoms with van der Waals surface area (Å²) in [5.41, 5.74) is 2.04. The molecule has 0 aliphatic carbocycles. The first-order valence-corrected chi connectivity index (χ1v) is 13.1. The van der Waals surface area contributed by atoms with Crippen molar-refractivity contribution in [1.29, 1.82) is 0 Å². The lowest BCUT2D eigenvalue weighted by Crippen LogP contribution is -1.91. The summed E-state index contributed by atoms with van der Waals surface area (Å²) in [6.45, 7) is 12.9. The summed E-state index contributed by atoms with van der Waals surface area (Å²) < 4.78 is 3.40. The van der Waals surface area contributed by atoms with Gasteiger partial charge in [0, 0.05) is 20.3 Å². The van der Waals surface area contributed by atoms with E-state index in [1.165, 1.54) is 89.9 Å². The summed E-state index contributed by atoms with van der Waals surface area (Å²) in [6, 6.07) is 0. The van der Waals surface area contributed by atoms with E-state index >= 15 is 0 Å². The molecule has 0 radical (unpaired) electrons. The zero-order valence-corrected chi connectivity index (χ0v) is 22.7. The van der Waals surface area contributed by atoms with E-state index in [-0.39, 0.29) is 0 Å². The Bertz CT molecular complexity index is 532. The van der Waals surface area contributed by atoms with E-state index in [0.29, 0.717) is 0 Å². The van der Waals surface area contributed by atoms with Crippen molar-refractivity contribution in [3.8, 4) is 0 Å². The SMILES string of the molecule is CCCCCCCCC.CCCCCCCCC.Cc1cn(C)nn1.Cc1cnnn1C. The highest BCUT2D eigenvalue weighted by atomic mass is 15.4. The van der Waals surface area contributed by atoms with E-state index in [4.69, 9.17) is 0 Å². The van der Waals surface area contributed by atoms with Crippen LogP contribution in [0.3, 0.4) is 0 Å². The van der Waals surface area contributed by atoms with E-state index in [2.05, 4.69) is 48.3 Å². The number of hydrogen-bond acceptors (Lipinski definition) is 4. The monoisotopic (exact) mass is 450 g/mol. The molecule has 0 aliphatic rings. The van der Waals surface area contributed by atoms with Crippen molar-refractivity contribution in [2.75, 3.05) is 0 Å². The summed E-state index contributed by atoms with van der Waals surface area (Å²) in [6.07, 6.45) is 23.5. The Hall–Kier alpha value is -1.72. The van der Waals surface area contributed by atoms with Crippen molar-refractivity contribution in [1.82, 2.24) is 30.0 Å². The van der Waals surface area contributed by atoms with Crippen molar-refractivity contribution in [2.45, 2.75) is 131 Å². The van der Waals surface area contributed by atoms with Crippen molar-refractivity contribution >= 4 is 0 Å². The molecule has 0 fully saturated rings. The van der Waals surface area contributed by atoms with Gasteiger partial charge in [-0.25, -0.2) is 0 Å². The quantitative estimate of drug-likeness (QED) is 0.310. The van der Waals surface area contributed by atoms with Gasteiger partial charge in [-0.15, -0.1) is 10.2 Å². The van der Waals surface area contributed by atoms with Gasteiger partial charge in [-0.3, -0.25) is 9.36 Å². The maximum atomic E-state index is 3.73. The van der Waals surface area contributed by atoms with Gasteiger partial charge in [0.1, 0.15) is 0 Å². The van der Waals surface area contributed by atoms with E-state index in [1.54, 1.807) is 15.6 Å². The van der Waals surface area contributed by atoms with Crippen LogP contribution in [-0.2, 0) is 14.1 Å². The van der Waals surface area contributed by atoms with Gasteiger partial charge < -0.3 is 0 Å². The van der Waals surface area contributed by atoms with Crippen LogP contribution in [0.25, 0.3) is 0 Å². The summed E-state index contributed by atoms with van der Waals surface area (Å²) >= 11 is 0. The van der Waals surface area contributed by atoms with E-state index in [1.807, 2.05) is 34.1 Å². The largest absolute Gasteiger partial charge is 0.255 e. The van der Waals surface area contributed by atoms with Gasteiger partial charge in [-0.05, 0) is 13.8 Å². The van der Waals surface area contributed by atoms with E-state index < -0.39 is 0 Å². The second-order valence-corrected chi connectivity index (χ2v) is 8.57. The van der Waals surface area contributed by atoms with Crippen LogP contribution >= 0.6 is 0 Å². The lowest BCUT2D eigenvalue weighted by Gasteiger charge is -1.96. The Balaban J connectivity index is 0. The van der Waals surface area contributed by atoms with Gasteiger partial charge in [0.05, 0.1) is 17.6 Å². The fourth-order valence-corrected chi connectivity index (χ4v) is 2.86. The molecular weight excluding hydrogens is 396 g/mol. The molecular formula is C26H54N6. The predicted octanol–water partition coefficient (Wildman–Crippen LogP) is 7.76. The van der Waals surface area contributed by atoms with E-state index in [0.717, 1.165) is 11.4 Å². The highest BCUT2D eigenvalue weighted by Gasteiger charge is 1.87. The van der Waals surface area contributed by atoms with Crippen LogP contribution in [0.1, 0.15) is 129 Å². The number of rotatable bonds is 12. The van der Waals surface area contributed by atoms with Crippen LogP contribution in [-0.4, -0.2) is 30.0 Å². The molecule has 32 heavy (non-hydrogen) atoms. The zero-order chi connectivity index (χ0) is 24.5. The van der Waals surface area contributed by atoms with Crippen LogP contribution < -0.4 is 0 Å². The Morgan fingerprint density at radius 1 is 0.625 bits per heavy atom. The smallest absolute Gasteiger partial charge is 0.0796 e. The standard InChI is InChI=1S/2C9H20.2C4H7N3/c2*1-3-5-7-9-8-6-4-2;1-4-3-7(2)6-5-4;1-4-3-5-6-7(4)2/h2*3-9H2,1-2H3;2*3H,1-2H3. The van der Waals surface area contributed by atoms with Gasteiger partial charge in [0.2, 0.25) is 0 Å². The topological polar surface area (TPSA) is 61.4 Å². The van der Waals surface area contributed by atoms with Crippen LogP contribution in [0.5, 0.6) is 0 Å². The lowest BCUT2D eigenvalue weighted by atomic mass is 10.1. The first kappa shape index (κ1) is 32.5. The zero-order valence-electron chi connectivity index (χ0n) is 22.7. The van der Waals surface area contributed by atoms with Gasteiger partial charge in [-0.2, -0.15) is 0 Å². The number of nitrogens with zero attached hydrogens (tertiary/aromatic N) is 6. The fourth-order valence-electron chi connectivity index (χ4n) is 2.86. The van der Waals surface area contributed by atoms with Crippen LogP contribution in [0.15, 0.2) is 12.4 Å². The first-order chi connectivity index (χ1) is 15.4. The summed E-state index contributed by atoms with van der Waals surface area (Å²) in [5, 5.41) is 14.7. The first-order valence-electron chi connectivity index (χ1n) is 13.1. The van der Waals surface area contributed by atoms with Crippen LogP contribution in [0.2, 0.25) is 0 Å². The number of hydrogen-bond donors (Lipinski definition) is 0. The third kappa shape index (κ3) is 24.5. The Labute approximate surface area is 199 Å². The van der Waals surface area contributed by atoms with Gasteiger partial charge in [-0.1, -0.05) is 128 Å². The minimum atomic E-state index is 0.961. The molecule has 6 heteroatoms. The molecule has 0 aromatic carbocycles. The van der Waals surface area contributed by atoms with Crippen molar-refractivity contribution < 1.29 is 0 Å². The van der Waals surface area contributed by atoms with E-state index in [9.17, 15) is 0 Å². The average molecular weight is 451 g/mol. The minimum absolute atomic E-state index is 0.961. The molecule has 0 atom stereocenters. The van der Waals surface area contributed by atoms with Crippen LogP contribution in [0, 0.1) is 13.8 Å². The molecule has 188 valence electrons. The maximum Gasteiger partial charge on any atom is 0.0796 e. The molecule has 0 aliphatic heterocycles. The molecule has 0 N–H and O–H groups in total. The van der Waals surface area contributed by atoms with Gasteiger partial charge in [0.15, 0.2) is 0 Å². The number of unbranched alkanes of at least 4 members (excludes halogenated alkanes) is 12. The lowest BCUT2D eigenvalue weighted by molar-refractivity contribution is 0.602. The average Bonchev–Trinajstić information content (AvgIpc) is 3.35. The Kier molecular flexibility index (Phi) is 25.9. The second kappa shape index (κ2) is 25.5. The molecule has 6 nitrogen and oxygen atoms in total. The van der Waals surface area contributed by atoms with Crippen molar-refractivity contribution in [3.05, 3.63) is 23.8 Å². The van der Waals surface area contributed by atoms with Crippen molar-refractivity contribution in [2.24, 2.45) is 14.1 Å². The highest BCUT2D eigenvalue weighted by molar-refractivity contribution is 4.86. The molecule has 2 rings (SSSR count).